The van der Waals surface area contributed by atoms with Crippen molar-refractivity contribution in [2.45, 2.75) is 26.2 Å². The van der Waals surface area contributed by atoms with E-state index in [9.17, 15) is 9.59 Å². The molecule has 25 heavy (non-hydrogen) atoms. The van der Waals surface area contributed by atoms with Crippen molar-refractivity contribution in [2.24, 2.45) is 5.41 Å². The van der Waals surface area contributed by atoms with Gasteiger partial charge in [0.15, 0.2) is 0 Å². The van der Waals surface area contributed by atoms with Crippen molar-refractivity contribution in [1.29, 1.82) is 0 Å². The summed E-state index contributed by atoms with van der Waals surface area (Å²) in [5, 5.41) is 3.78. The second-order valence-corrected chi connectivity index (χ2v) is 6.73. The molecule has 0 aliphatic carbocycles. The topological polar surface area (TPSA) is 92.4 Å². The summed E-state index contributed by atoms with van der Waals surface area (Å²) in [6, 6.07) is 0. The Morgan fingerprint density at radius 1 is 1.24 bits per heavy atom. The van der Waals surface area contributed by atoms with Crippen molar-refractivity contribution in [2.75, 3.05) is 24.5 Å². The van der Waals surface area contributed by atoms with Crippen LogP contribution in [0.3, 0.4) is 0 Å². The van der Waals surface area contributed by atoms with Crippen molar-refractivity contribution < 1.29 is 14.1 Å². The minimum absolute atomic E-state index is 0.0573. The molecule has 2 amide bonds. The van der Waals surface area contributed by atoms with Crippen LogP contribution in [0, 0.1) is 12.3 Å². The minimum atomic E-state index is -0.519. The molecule has 2 aliphatic heterocycles. The predicted octanol–water partition coefficient (Wildman–Crippen LogP) is 1.43. The van der Waals surface area contributed by atoms with E-state index in [2.05, 4.69) is 15.1 Å². The van der Waals surface area contributed by atoms with Gasteiger partial charge in [0.05, 0.1) is 29.2 Å². The second-order valence-electron chi connectivity index (χ2n) is 6.73. The van der Waals surface area contributed by atoms with Crippen LogP contribution in [0.4, 0.5) is 5.69 Å². The minimum Gasteiger partial charge on any atom is -0.364 e. The number of piperidine rings is 1. The monoisotopic (exact) mass is 341 g/mol. The number of hydrogen-bond donors (Lipinski definition) is 0. The summed E-state index contributed by atoms with van der Waals surface area (Å²) >= 11 is 0. The molecule has 130 valence electrons. The van der Waals surface area contributed by atoms with Crippen LogP contribution in [0.5, 0.6) is 0 Å². The molecule has 4 heterocycles. The quantitative estimate of drug-likeness (QED) is 0.820. The van der Waals surface area contributed by atoms with Crippen LogP contribution in [0.25, 0.3) is 0 Å². The largest absolute Gasteiger partial charge is 0.364 e. The lowest BCUT2D eigenvalue weighted by Gasteiger charge is -2.38. The van der Waals surface area contributed by atoms with Gasteiger partial charge in [0.25, 0.3) is 5.91 Å². The zero-order valence-corrected chi connectivity index (χ0v) is 14.0. The molecule has 8 nitrogen and oxygen atoms in total. The lowest BCUT2D eigenvalue weighted by molar-refractivity contribution is -0.127. The molecule has 2 aliphatic rings. The molecule has 0 saturated carbocycles. The number of carbonyl (C=O) groups is 2. The predicted molar refractivity (Wildman–Crippen MR) is 87.8 cm³/mol. The van der Waals surface area contributed by atoms with Crippen molar-refractivity contribution in [1.82, 2.24) is 20.0 Å². The number of nitrogens with zero attached hydrogens (tertiary/aromatic N) is 5. The van der Waals surface area contributed by atoms with Gasteiger partial charge in [0, 0.05) is 19.6 Å². The smallest absolute Gasteiger partial charge is 0.259 e. The number of anilines is 1. The number of likely N-dealkylation sites (tertiary alicyclic amines) is 1. The first kappa shape index (κ1) is 15.7. The van der Waals surface area contributed by atoms with Crippen LogP contribution in [-0.4, -0.2) is 51.5 Å². The Balaban J connectivity index is 1.56. The maximum Gasteiger partial charge on any atom is 0.259 e. The third-order valence-electron chi connectivity index (χ3n) is 5.22. The van der Waals surface area contributed by atoms with Gasteiger partial charge >= 0.3 is 0 Å². The number of aryl methyl sites for hydroxylation is 1. The molecule has 0 N–H and O–H groups in total. The van der Waals surface area contributed by atoms with E-state index in [1.807, 2.05) is 0 Å². The van der Waals surface area contributed by atoms with E-state index in [1.54, 1.807) is 29.1 Å². The average Bonchev–Trinajstić information content (AvgIpc) is 3.20. The number of carbonyl (C=O) groups excluding carboxylic acids is 2. The van der Waals surface area contributed by atoms with Crippen LogP contribution < -0.4 is 4.90 Å². The molecule has 0 bridgehead atoms. The summed E-state index contributed by atoms with van der Waals surface area (Å²) in [5.74, 6) is -0.0611. The Morgan fingerprint density at radius 3 is 2.76 bits per heavy atom. The summed E-state index contributed by atoms with van der Waals surface area (Å²) in [6.07, 6.45) is 8.45. The maximum atomic E-state index is 13.1. The highest BCUT2D eigenvalue weighted by Crippen LogP contribution is 2.41. The summed E-state index contributed by atoms with van der Waals surface area (Å²) in [7, 11) is 0. The van der Waals surface area contributed by atoms with Gasteiger partial charge in [-0.2, -0.15) is 0 Å². The van der Waals surface area contributed by atoms with E-state index in [-0.39, 0.29) is 11.8 Å². The number of aromatic nitrogens is 3. The number of amides is 2. The van der Waals surface area contributed by atoms with Crippen molar-refractivity contribution >= 4 is 17.5 Å². The molecule has 4 rings (SSSR count). The Bertz CT molecular complexity index is 806. The molecule has 0 aromatic carbocycles. The summed E-state index contributed by atoms with van der Waals surface area (Å²) in [5.41, 5.74) is 1.23. The van der Waals surface area contributed by atoms with E-state index in [0.29, 0.717) is 36.6 Å². The van der Waals surface area contributed by atoms with Crippen LogP contribution in [0.2, 0.25) is 0 Å². The lowest BCUT2D eigenvalue weighted by Crippen LogP contribution is -2.50. The van der Waals surface area contributed by atoms with Crippen LogP contribution in [-0.2, 0) is 4.79 Å². The van der Waals surface area contributed by atoms with Crippen LogP contribution >= 0.6 is 0 Å². The highest BCUT2D eigenvalue weighted by atomic mass is 16.5. The highest BCUT2D eigenvalue weighted by molar-refractivity contribution is 6.01. The van der Waals surface area contributed by atoms with Crippen molar-refractivity contribution in [3.8, 4) is 0 Å². The SMILES string of the molecule is Cc1nocc1C(=O)N1CCCC2(CCN(c3cncnc3)C2=O)C1. The zero-order valence-electron chi connectivity index (χ0n) is 14.0. The van der Waals surface area contributed by atoms with Crippen molar-refractivity contribution in [3.05, 3.63) is 36.2 Å². The molecule has 2 aromatic heterocycles. The van der Waals surface area contributed by atoms with E-state index in [1.165, 1.54) is 12.6 Å². The van der Waals surface area contributed by atoms with Gasteiger partial charge < -0.3 is 14.3 Å². The number of rotatable bonds is 2. The zero-order chi connectivity index (χ0) is 17.4. The van der Waals surface area contributed by atoms with Gasteiger partial charge in [-0.05, 0) is 26.2 Å². The van der Waals surface area contributed by atoms with Gasteiger partial charge in [0.2, 0.25) is 5.91 Å². The molecule has 1 unspecified atom stereocenters. The summed E-state index contributed by atoms with van der Waals surface area (Å²) in [4.78, 5) is 37.4. The van der Waals surface area contributed by atoms with E-state index < -0.39 is 5.41 Å². The van der Waals surface area contributed by atoms with Crippen LogP contribution in [0.1, 0.15) is 35.3 Å². The molecule has 2 fully saturated rings. The molecule has 1 atom stereocenters. The first-order valence-electron chi connectivity index (χ1n) is 8.38. The standard InChI is InChI=1S/C17H19N5O3/c1-12-14(9-25-20-12)15(23)21-5-2-3-17(10-21)4-6-22(16(17)24)13-7-18-11-19-8-13/h7-9,11H,2-6,10H2,1H3. The fraction of sp³-hybridized carbons (Fsp3) is 0.471. The van der Waals surface area contributed by atoms with Crippen LogP contribution in [0.15, 0.2) is 29.5 Å². The summed E-state index contributed by atoms with van der Waals surface area (Å²) < 4.78 is 4.88. The van der Waals surface area contributed by atoms with E-state index in [0.717, 1.165) is 19.3 Å². The molecule has 8 heteroatoms. The van der Waals surface area contributed by atoms with E-state index in [4.69, 9.17) is 4.52 Å². The van der Waals surface area contributed by atoms with Gasteiger partial charge in [-0.25, -0.2) is 9.97 Å². The van der Waals surface area contributed by atoms with Gasteiger partial charge in [-0.1, -0.05) is 5.16 Å². The Labute approximate surface area is 144 Å². The third-order valence-corrected chi connectivity index (χ3v) is 5.22. The Kier molecular flexibility index (Phi) is 3.74. The first-order valence-corrected chi connectivity index (χ1v) is 8.38. The molecule has 0 radical (unpaired) electrons. The molecule has 1 spiro atoms. The fourth-order valence-electron chi connectivity index (χ4n) is 3.85. The molecule has 2 saturated heterocycles. The maximum absolute atomic E-state index is 13.1. The normalized spacial score (nSPS) is 23.5. The summed E-state index contributed by atoms with van der Waals surface area (Å²) in [6.45, 7) is 3.45. The third kappa shape index (κ3) is 2.57. The van der Waals surface area contributed by atoms with Gasteiger partial charge in [-0.15, -0.1) is 0 Å². The second kappa shape index (κ2) is 5.94. The highest BCUT2D eigenvalue weighted by Gasteiger charge is 2.50. The van der Waals surface area contributed by atoms with E-state index >= 15 is 0 Å². The lowest BCUT2D eigenvalue weighted by atomic mass is 9.78. The first-order chi connectivity index (χ1) is 12.1. The van der Waals surface area contributed by atoms with Crippen molar-refractivity contribution in [3.63, 3.8) is 0 Å². The number of hydrogen-bond acceptors (Lipinski definition) is 6. The molecular formula is C17H19N5O3. The van der Waals surface area contributed by atoms with Gasteiger partial charge in [0.1, 0.15) is 18.2 Å². The molecule has 2 aromatic rings. The Hall–Kier alpha value is -2.77. The fourth-order valence-corrected chi connectivity index (χ4v) is 3.85. The van der Waals surface area contributed by atoms with Gasteiger partial charge in [-0.3, -0.25) is 9.59 Å². The average molecular weight is 341 g/mol. The molecular weight excluding hydrogens is 322 g/mol. The Morgan fingerprint density at radius 2 is 2.04 bits per heavy atom.